The van der Waals surface area contributed by atoms with Gasteiger partial charge in [-0.05, 0) is 18.9 Å². The molecule has 0 bridgehead atoms. The summed E-state index contributed by atoms with van der Waals surface area (Å²) in [5, 5.41) is 6.94. The zero-order valence-electron chi connectivity index (χ0n) is 16.4. The summed E-state index contributed by atoms with van der Waals surface area (Å²) in [6, 6.07) is 7.61. The van der Waals surface area contributed by atoms with Crippen LogP contribution in [0.25, 0.3) is 0 Å². The number of benzene rings is 1. The smallest absolute Gasteiger partial charge is 0.256 e. The summed E-state index contributed by atoms with van der Waals surface area (Å²) < 4.78 is 27.6. The third kappa shape index (κ3) is 6.02. The van der Waals surface area contributed by atoms with E-state index >= 15 is 0 Å². The van der Waals surface area contributed by atoms with Crippen molar-refractivity contribution in [2.45, 2.75) is 25.3 Å². The van der Waals surface area contributed by atoms with Crippen LogP contribution in [-0.2, 0) is 16.4 Å². The highest BCUT2D eigenvalue weighted by Gasteiger charge is 2.28. The van der Waals surface area contributed by atoms with Gasteiger partial charge in [0.2, 0.25) is 0 Å². The standard InChI is InChI=1S/C20H24N4O4S/c1-28-17-7-4-3-6-15(17)12-22-19-16(13-23-18(24-19)14-8-9-14)20(25)21-10-5-11-29(2,26)27/h3-7,11,13-14H,8-10,12H2,1-2H3,(H,21,25)(H,22,23,24)/b11-5+. The quantitative estimate of drug-likeness (QED) is 0.645. The average molecular weight is 417 g/mol. The molecule has 8 nitrogen and oxygen atoms in total. The maximum atomic E-state index is 12.6. The van der Waals surface area contributed by atoms with Gasteiger partial charge < -0.3 is 15.4 Å². The Labute approximate surface area is 170 Å². The lowest BCUT2D eigenvalue weighted by molar-refractivity contribution is 0.0958. The van der Waals surface area contributed by atoms with Crippen molar-refractivity contribution in [2.24, 2.45) is 0 Å². The Kier molecular flexibility index (Phi) is 6.48. The molecule has 1 amide bonds. The number of aromatic nitrogens is 2. The predicted molar refractivity (Wildman–Crippen MR) is 111 cm³/mol. The summed E-state index contributed by atoms with van der Waals surface area (Å²) in [5.74, 6) is 1.87. The number of carbonyl (C=O) groups is 1. The maximum Gasteiger partial charge on any atom is 0.256 e. The van der Waals surface area contributed by atoms with Gasteiger partial charge in [-0.2, -0.15) is 0 Å². The molecule has 1 aliphatic carbocycles. The van der Waals surface area contributed by atoms with Crippen LogP contribution in [0.15, 0.2) is 41.9 Å². The number of ether oxygens (including phenoxy) is 1. The number of nitrogens with zero attached hydrogens (tertiary/aromatic N) is 2. The Morgan fingerprint density at radius 2 is 2.07 bits per heavy atom. The lowest BCUT2D eigenvalue weighted by atomic mass is 10.2. The summed E-state index contributed by atoms with van der Waals surface area (Å²) >= 11 is 0. The van der Waals surface area contributed by atoms with Gasteiger partial charge in [0.05, 0.1) is 7.11 Å². The predicted octanol–water partition coefficient (Wildman–Crippen LogP) is 2.26. The lowest BCUT2D eigenvalue weighted by Gasteiger charge is -2.13. The highest BCUT2D eigenvalue weighted by atomic mass is 32.2. The van der Waals surface area contributed by atoms with Crippen molar-refractivity contribution in [1.82, 2.24) is 15.3 Å². The minimum absolute atomic E-state index is 0.0855. The molecule has 0 aliphatic heterocycles. The summed E-state index contributed by atoms with van der Waals surface area (Å²) in [6.07, 6.45) is 6.09. The number of para-hydroxylation sites is 1. The molecule has 9 heteroatoms. The molecule has 2 N–H and O–H groups in total. The molecule has 1 aliphatic rings. The van der Waals surface area contributed by atoms with Crippen LogP contribution in [0, 0.1) is 0 Å². The molecule has 1 aromatic heterocycles. The second-order valence-electron chi connectivity index (χ2n) is 6.84. The number of methoxy groups -OCH3 is 1. The fourth-order valence-corrected chi connectivity index (χ4v) is 3.18. The molecule has 3 rings (SSSR count). The molecule has 0 atom stereocenters. The molecule has 1 saturated carbocycles. The number of rotatable bonds is 9. The largest absolute Gasteiger partial charge is 0.496 e. The molecule has 2 aromatic rings. The zero-order chi connectivity index (χ0) is 20.9. The lowest BCUT2D eigenvalue weighted by Crippen LogP contribution is -2.25. The SMILES string of the molecule is COc1ccccc1CNc1nc(C2CC2)ncc1C(=O)NC/C=C/S(C)(=O)=O. The number of nitrogens with one attached hydrogen (secondary N) is 2. The van der Waals surface area contributed by atoms with E-state index in [0.717, 1.165) is 41.6 Å². The summed E-state index contributed by atoms with van der Waals surface area (Å²) in [5.41, 5.74) is 1.24. The zero-order valence-corrected chi connectivity index (χ0v) is 17.2. The van der Waals surface area contributed by atoms with Crippen LogP contribution in [-0.4, -0.2) is 44.2 Å². The Morgan fingerprint density at radius 1 is 1.31 bits per heavy atom. The first-order valence-corrected chi connectivity index (χ1v) is 11.2. The van der Waals surface area contributed by atoms with Gasteiger partial charge in [0.25, 0.3) is 5.91 Å². The summed E-state index contributed by atoms with van der Waals surface area (Å²) in [7, 11) is -1.62. The Morgan fingerprint density at radius 3 is 2.76 bits per heavy atom. The highest BCUT2D eigenvalue weighted by molar-refractivity contribution is 7.93. The van der Waals surface area contributed by atoms with E-state index < -0.39 is 9.84 Å². The van der Waals surface area contributed by atoms with Crippen LogP contribution in [0.4, 0.5) is 5.82 Å². The van der Waals surface area contributed by atoms with E-state index in [0.29, 0.717) is 23.8 Å². The molecule has 0 radical (unpaired) electrons. The van der Waals surface area contributed by atoms with Crippen molar-refractivity contribution in [3.63, 3.8) is 0 Å². The first kappa shape index (κ1) is 20.8. The van der Waals surface area contributed by atoms with E-state index in [1.807, 2.05) is 24.3 Å². The van der Waals surface area contributed by atoms with Crippen LogP contribution in [0.1, 0.15) is 40.5 Å². The highest BCUT2D eigenvalue weighted by Crippen LogP contribution is 2.38. The minimum Gasteiger partial charge on any atom is -0.496 e. The molecule has 29 heavy (non-hydrogen) atoms. The fraction of sp³-hybridized carbons (Fsp3) is 0.350. The molecular formula is C20H24N4O4S. The van der Waals surface area contributed by atoms with Gasteiger partial charge in [0.1, 0.15) is 23.0 Å². The number of hydrogen-bond donors (Lipinski definition) is 2. The third-order valence-corrected chi connectivity index (χ3v) is 5.04. The molecule has 0 unspecified atom stereocenters. The van der Waals surface area contributed by atoms with E-state index in [9.17, 15) is 13.2 Å². The van der Waals surface area contributed by atoms with Gasteiger partial charge >= 0.3 is 0 Å². The van der Waals surface area contributed by atoms with E-state index in [1.54, 1.807) is 7.11 Å². The number of amides is 1. The molecule has 1 fully saturated rings. The van der Waals surface area contributed by atoms with E-state index in [1.165, 1.54) is 12.3 Å². The van der Waals surface area contributed by atoms with Crippen LogP contribution < -0.4 is 15.4 Å². The Hall–Kier alpha value is -2.94. The van der Waals surface area contributed by atoms with E-state index in [-0.39, 0.29) is 12.5 Å². The van der Waals surface area contributed by atoms with Crippen molar-refractivity contribution >= 4 is 21.6 Å². The minimum atomic E-state index is -3.23. The van der Waals surface area contributed by atoms with Gasteiger partial charge in [-0.1, -0.05) is 24.3 Å². The van der Waals surface area contributed by atoms with Gasteiger partial charge in [-0.25, -0.2) is 18.4 Å². The molecule has 1 heterocycles. The van der Waals surface area contributed by atoms with Crippen LogP contribution in [0.5, 0.6) is 5.75 Å². The first-order chi connectivity index (χ1) is 13.9. The van der Waals surface area contributed by atoms with Crippen LogP contribution >= 0.6 is 0 Å². The summed E-state index contributed by atoms with van der Waals surface area (Å²) in [6.45, 7) is 0.515. The van der Waals surface area contributed by atoms with Crippen molar-refractivity contribution in [2.75, 3.05) is 25.2 Å². The molecule has 0 saturated heterocycles. The number of hydrogen-bond acceptors (Lipinski definition) is 7. The topological polar surface area (TPSA) is 110 Å². The van der Waals surface area contributed by atoms with E-state index in [4.69, 9.17) is 4.74 Å². The monoisotopic (exact) mass is 416 g/mol. The normalized spacial score (nSPS) is 14.0. The molecule has 1 aromatic carbocycles. The van der Waals surface area contributed by atoms with Gasteiger partial charge in [0.15, 0.2) is 9.84 Å². The Balaban J connectivity index is 1.76. The van der Waals surface area contributed by atoms with Gasteiger partial charge in [0, 0.05) is 42.4 Å². The average Bonchev–Trinajstić information content (AvgIpc) is 3.54. The van der Waals surface area contributed by atoms with Crippen molar-refractivity contribution in [3.05, 3.63) is 58.9 Å². The third-order valence-electron chi connectivity index (χ3n) is 4.36. The number of sulfone groups is 1. The molecule has 0 spiro atoms. The fourth-order valence-electron chi connectivity index (χ4n) is 2.73. The molecule has 154 valence electrons. The first-order valence-electron chi connectivity index (χ1n) is 9.25. The second kappa shape index (κ2) is 9.04. The van der Waals surface area contributed by atoms with Crippen LogP contribution in [0.2, 0.25) is 0 Å². The number of anilines is 1. The summed E-state index contributed by atoms with van der Waals surface area (Å²) in [4.78, 5) is 21.5. The van der Waals surface area contributed by atoms with Gasteiger partial charge in [-0.3, -0.25) is 4.79 Å². The van der Waals surface area contributed by atoms with E-state index in [2.05, 4.69) is 20.6 Å². The van der Waals surface area contributed by atoms with Crippen molar-refractivity contribution < 1.29 is 17.9 Å². The molecular weight excluding hydrogens is 392 g/mol. The number of carbonyl (C=O) groups excluding carboxylic acids is 1. The van der Waals surface area contributed by atoms with Crippen LogP contribution in [0.3, 0.4) is 0 Å². The maximum absolute atomic E-state index is 12.6. The van der Waals surface area contributed by atoms with Crippen molar-refractivity contribution in [3.8, 4) is 5.75 Å². The van der Waals surface area contributed by atoms with Crippen molar-refractivity contribution in [1.29, 1.82) is 0 Å². The Bertz CT molecular complexity index is 1020. The second-order valence-corrected chi connectivity index (χ2v) is 8.77. The van der Waals surface area contributed by atoms with Gasteiger partial charge in [-0.15, -0.1) is 0 Å².